The van der Waals surface area contributed by atoms with Crippen molar-refractivity contribution in [2.75, 3.05) is 59.8 Å². The Morgan fingerprint density at radius 1 is 1.17 bits per heavy atom. The lowest BCUT2D eigenvalue weighted by molar-refractivity contribution is -0.145. The molecule has 6 nitrogen and oxygen atoms in total. The summed E-state index contributed by atoms with van der Waals surface area (Å²) in [5.74, 6) is -0.289. The summed E-state index contributed by atoms with van der Waals surface area (Å²) >= 11 is 0. The molecule has 6 heteroatoms. The average molecular weight is 263 g/mol. The van der Waals surface area contributed by atoms with Gasteiger partial charge >= 0.3 is 5.97 Å². The van der Waals surface area contributed by atoms with Crippen molar-refractivity contribution in [2.45, 2.75) is 13.3 Å². The number of nitrogens with zero attached hydrogens (tertiary/aromatic N) is 1. The number of hydrogen-bond acceptors (Lipinski definition) is 6. The smallest absolute Gasteiger partial charge is 0.307 e. The van der Waals surface area contributed by atoms with Gasteiger partial charge in [-0.2, -0.15) is 0 Å². The quantitative estimate of drug-likeness (QED) is 0.392. The zero-order valence-corrected chi connectivity index (χ0v) is 11.4. The number of methoxy groups -OCH3 is 1. The molecule has 0 heterocycles. The van der Waals surface area contributed by atoms with Gasteiger partial charge in [-0.3, -0.25) is 9.69 Å². The number of hydrogen-bond donors (Lipinski definition) is 1. The van der Waals surface area contributed by atoms with Crippen molar-refractivity contribution in [3.8, 4) is 0 Å². The molecular weight excluding hydrogens is 238 g/mol. The minimum Gasteiger partial charge on any atom is -0.463 e. The van der Waals surface area contributed by atoms with Crippen molar-refractivity contribution in [3.63, 3.8) is 0 Å². The van der Waals surface area contributed by atoms with Crippen LogP contribution in [0, 0.1) is 0 Å². The van der Waals surface area contributed by atoms with Crippen LogP contribution in [0.5, 0.6) is 0 Å². The van der Waals surface area contributed by atoms with E-state index in [0.29, 0.717) is 32.8 Å². The number of carbonyl (C=O) groups excluding carboxylic acids is 1. The van der Waals surface area contributed by atoms with Crippen LogP contribution in [0.15, 0.2) is 0 Å². The van der Waals surface area contributed by atoms with Gasteiger partial charge in [0.05, 0.1) is 26.2 Å². The van der Waals surface area contributed by atoms with E-state index in [0.717, 1.165) is 13.1 Å². The van der Waals surface area contributed by atoms with Crippen LogP contribution in [-0.2, 0) is 19.0 Å². The summed E-state index contributed by atoms with van der Waals surface area (Å²) in [7, 11) is 1.65. The zero-order valence-electron chi connectivity index (χ0n) is 11.4. The predicted octanol–water partition coefficient (Wildman–Crippen LogP) is -0.103. The standard InChI is InChI=1S/C12H25NO5/c1-3-17-10-7-13(6-9-16-2)5-4-12(15)18-11-8-14/h14H,3-11H2,1-2H3. The highest BCUT2D eigenvalue weighted by molar-refractivity contribution is 5.69. The van der Waals surface area contributed by atoms with E-state index >= 15 is 0 Å². The summed E-state index contributed by atoms with van der Waals surface area (Å²) in [6.07, 6.45) is 0.315. The molecule has 0 fully saturated rings. The molecule has 0 aromatic heterocycles. The first-order valence-corrected chi connectivity index (χ1v) is 6.30. The fourth-order valence-electron chi connectivity index (χ4n) is 1.37. The van der Waals surface area contributed by atoms with E-state index in [4.69, 9.17) is 19.3 Å². The first-order valence-electron chi connectivity index (χ1n) is 6.30. The SMILES string of the molecule is CCOCCN(CCOC)CCC(=O)OCCO. The van der Waals surface area contributed by atoms with Gasteiger partial charge in [0, 0.05) is 33.4 Å². The van der Waals surface area contributed by atoms with Gasteiger partial charge in [0.2, 0.25) is 0 Å². The second-order valence-electron chi connectivity index (χ2n) is 3.73. The van der Waals surface area contributed by atoms with Gasteiger partial charge < -0.3 is 19.3 Å². The van der Waals surface area contributed by atoms with Gasteiger partial charge in [0.1, 0.15) is 6.61 Å². The van der Waals surface area contributed by atoms with E-state index < -0.39 is 0 Å². The van der Waals surface area contributed by atoms with Crippen LogP contribution in [0.1, 0.15) is 13.3 Å². The summed E-state index contributed by atoms with van der Waals surface area (Å²) in [5.41, 5.74) is 0. The summed E-state index contributed by atoms with van der Waals surface area (Å²) in [6.45, 7) is 5.98. The van der Waals surface area contributed by atoms with Crippen LogP contribution in [0.25, 0.3) is 0 Å². The third kappa shape index (κ3) is 10.5. The molecule has 0 aliphatic rings. The molecule has 18 heavy (non-hydrogen) atoms. The number of carbonyl (C=O) groups is 1. The molecule has 0 radical (unpaired) electrons. The number of ether oxygens (including phenoxy) is 3. The van der Waals surface area contributed by atoms with Crippen LogP contribution >= 0.6 is 0 Å². The molecule has 0 rings (SSSR count). The van der Waals surface area contributed by atoms with Crippen molar-refractivity contribution in [1.82, 2.24) is 4.90 Å². The Morgan fingerprint density at radius 2 is 1.89 bits per heavy atom. The largest absolute Gasteiger partial charge is 0.463 e. The van der Waals surface area contributed by atoms with Gasteiger partial charge in [-0.25, -0.2) is 0 Å². The van der Waals surface area contributed by atoms with E-state index in [1.165, 1.54) is 0 Å². The molecule has 0 aliphatic carbocycles. The first-order chi connectivity index (χ1) is 8.74. The topological polar surface area (TPSA) is 68.2 Å². The Kier molecular flexibility index (Phi) is 12.3. The molecule has 0 amide bonds. The fourth-order valence-corrected chi connectivity index (χ4v) is 1.37. The van der Waals surface area contributed by atoms with Crippen molar-refractivity contribution < 1.29 is 24.1 Å². The van der Waals surface area contributed by atoms with Gasteiger partial charge in [-0.15, -0.1) is 0 Å². The van der Waals surface area contributed by atoms with Gasteiger partial charge in [-0.05, 0) is 6.92 Å². The van der Waals surface area contributed by atoms with Crippen LogP contribution in [0.2, 0.25) is 0 Å². The molecule has 108 valence electrons. The fraction of sp³-hybridized carbons (Fsp3) is 0.917. The third-order valence-corrected chi connectivity index (χ3v) is 2.35. The van der Waals surface area contributed by atoms with Crippen LogP contribution in [0.4, 0.5) is 0 Å². The lowest BCUT2D eigenvalue weighted by Crippen LogP contribution is -2.33. The Labute approximate surface area is 109 Å². The molecule has 0 aliphatic heterocycles. The minimum atomic E-state index is -0.289. The molecule has 0 aromatic carbocycles. The summed E-state index contributed by atoms with van der Waals surface area (Å²) in [5, 5.41) is 8.53. The Balaban J connectivity index is 3.79. The summed E-state index contributed by atoms with van der Waals surface area (Å²) in [4.78, 5) is 13.4. The molecule has 0 saturated carbocycles. The van der Waals surface area contributed by atoms with Crippen molar-refractivity contribution in [2.24, 2.45) is 0 Å². The summed E-state index contributed by atoms with van der Waals surface area (Å²) in [6, 6.07) is 0. The highest BCUT2D eigenvalue weighted by Gasteiger charge is 2.09. The number of esters is 1. The van der Waals surface area contributed by atoms with E-state index in [1.807, 2.05) is 6.92 Å². The maximum absolute atomic E-state index is 11.3. The number of aliphatic hydroxyl groups excluding tert-OH is 1. The molecule has 0 atom stereocenters. The van der Waals surface area contributed by atoms with Gasteiger partial charge in [0.25, 0.3) is 0 Å². The second-order valence-corrected chi connectivity index (χ2v) is 3.73. The van der Waals surface area contributed by atoms with E-state index in [9.17, 15) is 4.79 Å². The lowest BCUT2D eigenvalue weighted by atomic mass is 10.3. The van der Waals surface area contributed by atoms with Crippen molar-refractivity contribution in [3.05, 3.63) is 0 Å². The van der Waals surface area contributed by atoms with Crippen molar-refractivity contribution >= 4 is 5.97 Å². The highest BCUT2D eigenvalue weighted by Crippen LogP contribution is 1.95. The monoisotopic (exact) mass is 263 g/mol. The second kappa shape index (κ2) is 12.8. The maximum Gasteiger partial charge on any atom is 0.307 e. The minimum absolute atomic E-state index is 0.0653. The van der Waals surface area contributed by atoms with Crippen molar-refractivity contribution in [1.29, 1.82) is 0 Å². The predicted molar refractivity (Wildman–Crippen MR) is 67.5 cm³/mol. The Morgan fingerprint density at radius 3 is 2.50 bits per heavy atom. The Bertz CT molecular complexity index is 201. The first kappa shape index (κ1) is 17.3. The molecule has 0 saturated heterocycles. The van der Waals surface area contributed by atoms with E-state index in [-0.39, 0.29) is 19.2 Å². The van der Waals surface area contributed by atoms with E-state index in [1.54, 1.807) is 7.11 Å². The van der Waals surface area contributed by atoms with Gasteiger partial charge in [-0.1, -0.05) is 0 Å². The summed E-state index contributed by atoms with van der Waals surface area (Å²) < 4.78 is 15.1. The normalized spacial score (nSPS) is 10.9. The number of aliphatic hydroxyl groups is 1. The maximum atomic E-state index is 11.3. The highest BCUT2D eigenvalue weighted by atomic mass is 16.5. The number of rotatable bonds is 12. The molecule has 0 aromatic rings. The third-order valence-electron chi connectivity index (χ3n) is 2.35. The zero-order chi connectivity index (χ0) is 13.6. The van der Waals surface area contributed by atoms with Crippen LogP contribution < -0.4 is 0 Å². The molecule has 0 unspecified atom stereocenters. The molecule has 0 spiro atoms. The molecule has 1 N–H and O–H groups in total. The van der Waals surface area contributed by atoms with Crippen LogP contribution in [0.3, 0.4) is 0 Å². The van der Waals surface area contributed by atoms with E-state index in [2.05, 4.69) is 4.90 Å². The Hall–Kier alpha value is -0.690. The van der Waals surface area contributed by atoms with Gasteiger partial charge in [0.15, 0.2) is 0 Å². The average Bonchev–Trinajstić information content (AvgIpc) is 2.39. The van der Waals surface area contributed by atoms with Crippen LogP contribution in [-0.4, -0.2) is 75.8 Å². The lowest BCUT2D eigenvalue weighted by Gasteiger charge is -2.21. The molecular formula is C12H25NO5. The molecule has 0 bridgehead atoms.